The lowest BCUT2D eigenvalue weighted by Gasteiger charge is -2.08. The van der Waals surface area contributed by atoms with Gasteiger partial charge in [-0.1, -0.05) is 11.6 Å². The molecule has 1 aromatic heterocycles. The molecule has 0 bridgehead atoms. The predicted octanol–water partition coefficient (Wildman–Crippen LogP) is 4.07. The lowest BCUT2D eigenvalue weighted by atomic mass is 10.2. The lowest BCUT2D eigenvalue weighted by molar-refractivity contribution is 1.13. The highest BCUT2D eigenvalue weighted by Gasteiger charge is 1.99. The molecule has 1 heterocycles. The first-order chi connectivity index (χ1) is 8.29. The predicted molar refractivity (Wildman–Crippen MR) is 74.8 cm³/mol. The summed E-state index contributed by atoms with van der Waals surface area (Å²) < 4.78 is 0. The van der Waals surface area contributed by atoms with Gasteiger partial charge in [0.25, 0.3) is 0 Å². The molecule has 0 atom stereocenters. The van der Waals surface area contributed by atoms with Gasteiger partial charge in [-0.2, -0.15) is 0 Å². The molecule has 2 rings (SSSR count). The average Bonchev–Trinajstić information content (AvgIpc) is 2.38. The van der Waals surface area contributed by atoms with Gasteiger partial charge in [0.15, 0.2) is 0 Å². The molecule has 0 aliphatic carbocycles. The topological polar surface area (TPSA) is 24.9 Å². The molecule has 0 aliphatic rings. The van der Waals surface area contributed by atoms with Crippen LogP contribution in [-0.4, -0.2) is 11.2 Å². The maximum absolute atomic E-state index is 6.03. The number of pyridine rings is 1. The molecule has 4 heteroatoms. The Hall–Kier alpha value is -1.19. The van der Waals surface area contributed by atoms with Crippen molar-refractivity contribution in [1.82, 2.24) is 4.98 Å². The molecule has 2 aromatic rings. The third-order valence-corrected chi connectivity index (χ3v) is 3.51. The summed E-state index contributed by atoms with van der Waals surface area (Å²) in [7, 11) is 0. The fourth-order valence-corrected chi connectivity index (χ4v) is 2.05. The molecule has 0 aliphatic heterocycles. The summed E-state index contributed by atoms with van der Waals surface area (Å²) in [6.07, 6.45) is 5.48. The van der Waals surface area contributed by atoms with Crippen LogP contribution in [0, 0.1) is 0 Å². The molecule has 0 unspecified atom stereocenters. The first kappa shape index (κ1) is 12.3. The molecule has 2 nitrogen and oxygen atoms in total. The summed E-state index contributed by atoms with van der Waals surface area (Å²) in [4.78, 5) is 5.22. The Labute approximate surface area is 110 Å². The van der Waals surface area contributed by atoms with E-state index in [2.05, 4.69) is 40.8 Å². The number of anilines is 1. The third-order valence-electron chi connectivity index (χ3n) is 2.43. The number of thioether (sulfide) groups is 1. The zero-order chi connectivity index (χ0) is 12.1. The van der Waals surface area contributed by atoms with E-state index >= 15 is 0 Å². The van der Waals surface area contributed by atoms with Gasteiger partial charge in [0, 0.05) is 29.5 Å². The molecular weight excluding hydrogens is 252 g/mol. The normalized spacial score (nSPS) is 10.2. The standard InChI is InChI=1S/C13H13ClN2S/c1-17-12-4-2-11(3-5-12)16-8-10-6-7-15-9-13(10)14/h2-7,9,16H,8H2,1H3. The van der Waals surface area contributed by atoms with E-state index in [4.69, 9.17) is 11.6 Å². The Kier molecular flexibility index (Phi) is 4.29. The van der Waals surface area contributed by atoms with Gasteiger partial charge < -0.3 is 5.32 Å². The number of halogens is 1. The quantitative estimate of drug-likeness (QED) is 0.843. The number of hydrogen-bond acceptors (Lipinski definition) is 3. The molecule has 0 spiro atoms. The Bertz CT molecular complexity index is 485. The Balaban J connectivity index is 2.00. The molecule has 0 radical (unpaired) electrons. The smallest absolute Gasteiger partial charge is 0.0639 e. The second-order valence-corrected chi connectivity index (χ2v) is 4.84. The fourth-order valence-electron chi connectivity index (χ4n) is 1.45. The SMILES string of the molecule is CSc1ccc(NCc2ccncc2Cl)cc1. The molecule has 88 valence electrons. The van der Waals surface area contributed by atoms with Gasteiger partial charge in [-0.3, -0.25) is 4.98 Å². The Morgan fingerprint density at radius 1 is 1.24 bits per heavy atom. The van der Waals surface area contributed by atoms with Crippen LogP contribution >= 0.6 is 23.4 Å². The van der Waals surface area contributed by atoms with Crippen LogP contribution in [-0.2, 0) is 6.54 Å². The fraction of sp³-hybridized carbons (Fsp3) is 0.154. The minimum atomic E-state index is 0.695. The van der Waals surface area contributed by atoms with Gasteiger partial charge in [0.1, 0.15) is 0 Å². The van der Waals surface area contributed by atoms with E-state index in [1.54, 1.807) is 24.2 Å². The lowest BCUT2D eigenvalue weighted by Crippen LogP contribution is -2.00. The van der Waals surface area contributed by atoms with Gasteiger partial charge in [-0.15, -0.1) is 11.8 Å². The van der Waals surface area contributed by atoms with Crippen molar-refractivity contribution >= 4 is 29.1 Å². The summed E-state index contributed by atoms with van der Waals surface area (Å²) in [5.74, 6) is 0. The van der Waals surface area contributed by atoms with E-state index in [0.29, 0.717) is 11.6 Å². The van der Waals surface area contributed by atoms with Gasteiger partial charge >= 0.3 is 0 Å². The first-order valence-electron chi connectivity index (χ1n) is 5.26. The van der Waals surface area contributed by atoms with Crippen LogP contribution in [0.15, 0.2) is 47.6 Å². The minimum Gasteiger partial charge on any atom is -0.381 e. The Morgan fingerprint density at radius 2 is 2.00 bits per heavy atom. The van der Waals surface area contributed by atoms with Crippen molar-refractivity contribution in [2.24, 2.45) is 0 Å². The van der Waals surface area contributed by atoms with E-state index in [1.165, 1.54) is 4.90 Å². The van der Waals surface area contributed by atoms with Crippen molar-refractivity contribution in [3.05, 3.63) is 53.3 Å². The van der Waals surface area contributed by atoms with Crippen molar-refractivity contribution in [3.8, 4) is 0 Å². The molecule has 1 N–H and O–H groups in total. The average molecular weight is 265 g/mol. The van der Waals surface area contributed by atoms with Crippen LogP contribution in [0.1, 0.15) is 5.56 Å². The number of rotatable bonds is 4. The van der Waals surface area contributed by atoms with Crippen LogP contribution in [0.2, 0.25) is 5.02 Å². The number of nitrogens with zero attached hydrogens (tertiary/aromatic N) is 1. The summed E-state index contributed by atoms with van der Waals surface area (Å²) in [5, 5.41) is 4.03. The van der Waals surface area contributed by atoms with Crippen molar-refractivity contribution in [1.29, 1.82) is 0 Å². The molecule has 0 fully saturated rings. The van der Waals surface area contributed by atoms with E-state index in [0.717, 1.165) is 11.3 Å². The second kappa shape index (κ2) is 5.94. The number of aromatic nitrogens is 1. The number of hydrogen-bond donors (Lipinski definition) is 1. The highest BCUT2D eigenvalue weighted by Crippen LogP contribution is 2.19. The van der Waals surface area contributed by atoms with Crippen LogP contribution in [0.5, 0.6) is 0 Å². The van der Waals surface area contributed by atoms with Crippen LogP contribution < -0.4 is 5.32 Å². The van der Waals surface area contributed by atoms with E-state index < -0.39 is 0 Å². The monoisotopic (exact) mass is 264 g/mol. The molecular formula is C13H13ClN2S. The summed E-state index contributed by atoms with van der Waals surface area (Å²) >= 11 is 7.77. The largest absolute Gasteiger partial charge is 0.381 e. The van der Waals surface area contributed by atoms with E-state index in [1.807, 2.05) is 6.07 Å². The highest BCUT2D eigenvalue weighted by atomic mass is 35.5. The van der Waals surface area contributed by atoms with Crippen molar-refractivity contribution < 1.29 is 0 Å². The highest BCUT2D eigenvalue weighted by molar-refractivity contribution is 7.98. The third kappa shape index (κ3) is 3.38. The molecule has 0 saturated heterocycles. The zero-order valence-electron chi connectivity index (χ0n) is 9.48. The maximum atomic E-state index is 6.03. The van der Waals surface area contributed by atoms with Gasteiger partial charge in [-0.05, 0) is 42.2 Å². The molecule has 17 heavy (non-hydrogen) atoms. The summed E-state index contributed by atoms with van der Waals surface area (Å²) in [5.41, 5.74) is 2.14. The van der Waals surface area contributed by atoms with Crippen molar-refractivity contribution in [2.75, 3.05) is 11.6 Å². The Morgan fingerprint density at radius 3 is 2.65 bits per heavy atom. The summed E-state index contributed by atoms with van der Waals surface area (Å²) in [6.45, 7) is 0.708. The second-order valence-electron chi connectivity index (χ2n) is 3.55. The van der Waals surface area contributed by atoms with E-state index in [9.17, 15) is 0 Å². The van der Waals surface area contributed by atoms with Gasteiger partial charge in [-0.25, -0.2) is 0 Å². The molecule has 0 saturated carbocycles. The summed E-state index contributed by atoms with van der Waals surface area (Å²) in [6, 6.07) is 10.3. The van der Waals surface area contributed by atoms with Crippen LogP contribution in [0.3, 0.4) is 0 Å². The van der Waals surface area contributed by atoms with Gasteiger partial charge in [0.2, 0.25) is 0 Å². The van der Waals surface area contributed by atoms with E-state index in [-0.39, 0.29) is 0 Å². The minimum absolute atomic E-state index is 0.695. The van der Waals surface area contributed by atoms with Crippen molar-refractivity contribution in [2.45, 2.75) is 11.4 Å². The zero-order valence-corrected chi connectivity index (χ0v) is 11.1. The van der Waals surface area contributed by atoms with Gasteiger partial charge in [0.05, 0.1) is 5.02 Å². The first-order valence-corrected chi connectivity index (χ1v) is 6.86. The molecule has 0 amide bonds. The number of nitrogens with one attached hydrogen (secondary N) is 1. The van der Waals surface area contributed by atoms with Crippen molar-refractivity contribution in [3.63, 3.8) is 0 Å². The maximum Gasteiger partial charge on any atom is 0.0639 e. The van der Waals surface area contributed by atoms with Crippen LogP contribution in [0.25, 0.3) is 0 Å². The number of benzene rings is 1. The molecule has 1 aromatic carbocycles. The van der Waals surface area contributed by atoms with Crippen LogP contribution in [0.4, 0.5) is 5.69 Å².